The summed E-state index contributed by atoms with van der Waals surface area (Å²) in [7, 11) is 0. The summed E-state index contributed by atoms with van der Waals surface area (Å²) in [4.78, 5) is 4.97. The molecule has 1 aliphatic heterocycles. The van der Waals surface area contributed by atoms with Crippen molar-refractivity contribution in [3.05, 3.63) is 62.7 Å². The third-order valence-corrected chi connectivity index (χ3v) is 6.66. The SMILES string of the molecule is Cc1cccc(N2CCN([C@@H]3Cc4c(I)cccc4C[C@H]3O)CC2)c1. The van der Waals surface area contributed by atoms with Crippen molar-refractivity contribution in [2.24, 2.45) is 0 Å². The van der Waals surface area contributed by atoms with Crippen LogP contribution in [0.1, 0.15) is 16.7 Å². The molecule has 2 atom stereocenters. The van der Waals surface area contributed by atoms with Crippen molar-refractivity contribution in [1.82, 2.24) is 4.90 Å². The van der Waals surface area contributed by atoms with Crippen LogP contribution in [0.2, 0.25) is 0 Å². The predicted octanol–water partition coefficient (Wildman–Crippen LogP) is 3.25. The van der Waals surface area contributed by atoms with Gasteiger partial charge in [0.15, 0.2) is 0 Å². The number of rotatable bonds is 2. The third kappa shape index (κ3) is 3.57. The normalized spacial score (nSPS) is 24.2. The minimum Gasteiger partial charge on any atom is -0.391 e. The minimum atomic E-state index is -0.254. The molecule has 1 heterocycles. The minimum absolute atomic E-state index is 0.253. The second-order valence-electron chi connectivity index (χ2n) is 7.28. The van der Waals surface area contributed by atoms with Gasteiger partial charge < -0.3 is 10.0 Å². The van der Waals surface area contributed by atoms with Gasteiger partial charge in [-0.1, -0.05) is 24.3 Å². The van der Waals surface area contributed by atoms with Crippen LogP contribution < -0.4 is 4.90 Å². The van der Waals surface area contributed by atoms with E-state index in [1.807, 2.05) is 0 Å². The lowest BCUT2D eigenvalue weighted by molar-refractivity contribution is 0.0394. The maximum absolute atomic E-state index is 10.7. The fraction of sp³-hybridized carbons (Fsp3) is 0.429. The molecule has 1 N–H and O–H groups in total. The molecule has 0 aromatic heterocycles. The summed E-state index contributed by atoms with van der Waals surface area (Å²) in [5.74, 6) is 0. The number of piperazine rings is 1. The van der Waals surface area contributed by atoms with Crippen LogP contribution >= 0.6 is 22.6 Å². The van der Waals surface area contributed by atoms with Crippen molar-refractivity contribution < 1.29 is 5.11 Å². The average Bonchev–Trinajstić information content (AvgIpc) is 2.62. The van der Waals surface area contributed by atoms with Crippen LogP contribution in [0, 0.1) is 10.5 Å². The number of aliphatic hydroxyl groups excluding tert-OH is 1. The van der Waals surface area contributed by atoms with Gasteiger partial charge in [-0.05, 0) is 70.8 Å². The molecule has 0 unspecified atom stereocenters. The Bertz CT molecular complexity index is 755. The Hall–Kier alpha value is -1.11. The van der Waals surface area contributed by atoms with Crippen LogP contribution in [0.15, 0.2) is 42.5 Å². The molecular weight excluding hydrogens is 423 g/mol. The van der Waals surface area contributed by atoms with E-state index in [0.29, 0.717) is 0 Å². The van der Waals surface area contributed by atoms with E-state index >= 15 is 0 Å². The fourth-order valence-electron chi connectivity index (χ4n) is 4.24. The van der Waals surface area contributed by atoms with Gasteiger partial charge in [0.05, 0.1) is 6.10 Å². The molecule has 25 heavy (non-hydrogen) atoms. The first kappa shape index (κ1) is 17.3. The Labute approximate surface area is 163 Å². The Morgan fingerprint density at radius 3 is 2.52 bits per heavy atom. The highest BCUT2D eigenvalue weighted by molar-refractivity contribution is 14.1. The number of benzene rings is 2. The van der Waals surface area contributed by atoms with E-state index in [4.69, 9.17) is 0 Å². The Morgan fingerprint density at radius 2 is 1.76 bits per heavy atom. The molecule has 0 amide bonds. The molecule has 1 aliphatic carbocycles. The van der Waals surface area contributed by atoms with Gasteiger partial charge >= 0.3 is 0 Å². The summed E-state index contributed by atoms with van der Waals surface area (Å²) in [6, 6.07) is 15.5. The van der Waals surface area contributed by atoms with Gasteiger partial charge in [-0.2, -0.15) is 0 Å². The molecule has 0 spiro atoms. The smallest absolute Gasteiger partial charge is 0.0739 e. The van der Waals surface area contributed by atoms with Crippen molar-refractivity contribution in [3.63, 3.8) is 0 Å². The lowest BCUT2D eigenvalue weighted by Gasteiger charge is -2.44. The van der Waals surface area contributed by atoms with E-state index in [1.54, 1.807) is 0 Å². The zero-order valence-corrected chi connectivity index (χ0v) is 16.8. The predicted molar refractivity (Wildman–Crippen MR) is 111 cm³/mol. The lowest BCUT2D eigenvalue weighted by atomic mass is 9.85. The zero-order valence-electron chi connectivity index (χ0n) is 14.7. The third-order valence-electron chi connectivity index (χ3n) is 5.65. The molecule has 4 rings (SSSR count). The summed E-state index contributed by atoms with van der Waals surface area (Å²) in [5.41, 5.74) is 5.41. The van der Waals surface area contributed by atoms with E-state index in [1.165, 1.54) is 25.9 Å². The summed E-state index contributed by atoms with van der Waals surface area (Å²) in [6.45, 7) is 6.26. The number of hydrogen-bond acceptors (Lipinski definition) is 3. The average molecular weight is 448 g/mol. The summed E-state index contributed by atoms with van der Waals surface area (Å²) in [6.07, 6.45) is 1.51. The number of nitrogens with zero attached hydrogens (tertiary/aromatic N) is 2. The molecule has 1 fully saturated rings. The van der Waals surface area contributed by atoms with Crippen LogP contribution in [0.3, 0.4) is 0 Å². The molecule has 2 aromatic rings. The van der Waals surface area contributed by atoms with E-state index in [-0.39, 0.29) is 12.1 Å². The van der Waals surface area contributed by atoms with Crippen LogP contribution in [-0.4, -0.2) is 48.3 Å². The van der Waals surface area contributed by atoms with Crippen molar-refractivity contribution in [3.8, 4) is 0 Å². The molecule has 132 valence electrons. The maximum Gasteiger partial charge on any atom is 0.0739 e. The number of hydrogen-bond donors (Lipinski definition) is 1. The molecule has 1 saturated heterocycles. The summed E-state index contributed by atoms with van der Waals surface area (Å²) < 4.78 is 1.34. The largest absolute Gasteiger partial charge is 0.391 e. The molecule has 0 saturated carbocycles. The standard InChI is InChI=1S/C21H25IN2O/c1-15-4-2-6-17(12-15)23-8-10-24(11-9-23)20-14-18-16(13-21(20)25)5-3-7-19(18)22/h2-7,12,20-21,25H,8-11,13-14H2,1H3/t20-,21-/m1/s1. The molecule has 0 radical (unpaired) electrons. The van der Waals surface area contributed by atoms with Gasteiger partial charge in [-0.25, -0.2) is 0 Å². The molecular formula is C21H25IN2O. The Morgan fingerprint density at radius 1 is 1.00 bits per heavy atom. The first-order valence-electron chi connectivity index (χ1n) is 9.12. The summed E-state index contributed by atoms with van der Waals surface area (Å²) in [5, 5.41) is 10.7. The Balaban J connectivity index is 1.45. The second-order valence-corrected chi connectivity index (χ2v) is 8.44. The number of fused-ring (bicyclic) bond motifs is 1. The van der Waals surface area contributed by atoms with Crippen LogP contribution in [0.25, 0.3) is 0 Å². The van der Waals surface area contributed by atoms with E-state index in [2.05, 4.69) is 81.8 Å². The van der Waals surface area contributed by atoms with Gasteiger partial charge in [0.1, 0.15) is 0 Å². The van der Waals surface area contributed by atoms with Crippen molar-refractivity contribution in [1.29, 1.82) is 0 Å². The number of anilines is 1. The topological polar surface area (TPSA) is 26.7 Å². The second kappa shape index (κ2) is 7.25. The van der Waals surface area contributed by atoms with Gasteiger partial charge in [0, 0.05) is 47.9 Å². The van der Waals surface area contributed by atoms with E-state index < -0.39 is 0 Å². The van der Waals surface area contributed by atoms with Crippen LogP contribution in [-0.2, 0) is 12.8 Å². The first-order chi connectivity index (χ1) is 12.1. The highest BCUT2D eigenvalue weighted by atomic mass is 127. The molecule has 3 nitrogen and oxygen atoms in total. The number of aryl methyl sites for hydroxylation is 1. The highest BCUT2D eigenvalue weighted by Gasteiger charge is 2.34. The van der Waals surface area contributed by atoms with Gasteiger partial charge in [0.2, 0.25) is 0 Å². The molecule has 0 bridgehead atoms. The quantitative estimate of drug-likeness (QED) is 0.715. The van der Waals surface area contributed by atoms with Crippen LogP contribution in [0.4, 0.5) is 5.69 Å². The molecule has 2 aliphatic rings. The van der Waals surface area contributed by atoms with Gasteiger partial charge in [-0.15, -0.1) is 0 Å². The first-order valence-corrected chi connectivity index (χ1v) is 10.2. The van der Waals surface area contributed by atoms with E-state index in [0.717, 1.165) is 39.0 Å². The summed E-state index contributed by atoms with van der Waals surface area (Å²) >= 11 is 2.44. The van der Waals surface area contributed by atoms with E-state index in [9.17, 15) is 5.11 Å². The lowest BCUT2D eigenvalue weighted by Crippen LogP contribution is -2.56. The van der Waals surface area contributed by atoms with Gasteiger partial charge in [-0.3, -0.25) is 4.90 Å². The Kier molecular flexibility index (Phi) is 5.02. The fourth-order valence-corrected chi connectivity index (χ4v) is 5.01. The number of halogens is 1. The van der Waals surface area contributed by atoms with Crippen LogP contribution in [0.5, 0.6) is 0 Å². The van der Waals surface area contributed by atoms with Crippen molar-refractivity contribution in [2.45, 2.75) is 31.9 Å². The highest BCUT2D eigenvalue weighted by Crippen LogP contribution is 2.29. The number of aliphatic hydroxyl groups is 1. The molecule has 4 heteroatoms. The molecule has 2 aromatic carbocycles. The maximum atomic E-state index is 10.7. The van der Waals surface area contributed by atoms with Gasteiger partial charge in [0.25, 0.3) is 0 Å². The zero-order chi connectivity index (χ0) is 17.4. The van der Waals surface area contributed by atoms with Crippen molar-refractivity contribution >= 4 is 28.3 Å². The monoisotopic (exact) mass is 448 g/mol. The van der Waals surface area contributed by atoms with Crippen molar-refractivity contribution in [2.75, 3.05) is 31.1 Å².